The molecule has 0 aliphatic carbocycles. The molecule has 3 N–H and O–H groups in total. The van der Waals surface area contributed by atoms with E-state index in [0.717, 1.165) is 0 Å². The Bertz CT molecular complexity index is 1080. The third-order valence-electron chi connectivity index (χ3n) is 4.72. The Hall–Kier alpha value is -3.72. The average molecular weight is 485 g/mol. The number of hydrogen-bond donors (Lipinski definition) is 3. The fourth-order valence-corrected chi connectivity index (χ4v) is 2.94. The molecule has 188 valence electrons. The molecule has 35 heavy (non-hydrogen) atoms. The van der Waals surface area contributed by atoms with Crippen LogP contribution in [0.3, 0.4) is 0 Å². The molecule has 0 spiro atoms. The number of amides is 2. The molecule has 9 heteroatoms. The largest absolute Gasteiger partial charge is 0.491 e. The summed E-state index contributed by atoms with van der Waals surface area (Å²) in [6.07, 6.45) is 1.56. The first-order valence-corrected chi connectivity index (χ1v) is 11.1. The van der Waals surface area contributed by atoms with Crippen LogP contribution in [-0.4, -0.2) is 44.9 Å². The number of anilines is 2. The van der Waals surface area contributed by atoms with Gasteiger partial charge in [0.25, 0.3) is 0 Å². The van der Waals surface area contributed by atoms with Crippen LogP contribution in [-0.2, 0) is 14.3 Å². The van der Waals surface area contributed by atoms with Gasteiger partial charge in [-0.15, -0.1) is 0 Å². The first kappa shape index (κ1) is 27.5. The minimum atomic E-state index is -0.574. The summed E-state index contributed by atoms with van der Waals surface area (Å²) in [6.45, 7) is 11.6. The zero-order chi connectivity index (χ0) is 26.0. The van der Waals surface area contributed by atoms with Crippen molar-refractivity contribution in [2.45, 2.75) is 27.7 Å². The number of carbonyl (C=O) groups excluding carboxylic acids is 2. The molecule has 2 aromatic rings. The Morgan fingerprint density at radius 2 is 1.71 bits per heavy atom. The van der Waals surface area contributed by atoms with Crippen molar-refractivity contribution < 1.29 is 23.5 Å². The van der Waals surface area contributed by atoms with Gasteiger partial charge in [0.15, 0.2) is 0 Å². The summed E-state index contributed by atoms with van der Waals surface area (Å²) >= 11 is 0. The number of hydrogen-bond acceptors (Lipinski definition) is 6. The fraction of sp³-hybridized carbons (Fsp3) is 0.346. The van der Waals surface area contributed by atoms with E-state index in [-0.39, 0.29) is 30.5 Å². The summed E-state index contributed by atoms with van der Waals surface area (Å²) in [5.41, 5.74) is 1.52. The standard InChI is InChI=1S/C26H33FN4O4/c1-7-28-22-15-20(35-13-12-34-6)14-21(27)24(22)17(2)30-18-8-10-19(11-9-18)31-23(32)16-29-25(33)26(3,4)5/h7-11,14-15,30H,2,12-13,16H2,1,3-6H3,(H,29,33)(H,31,32). The highest BCUT2D eigenvalue weighted by atomic mass is 19.1. The fourth-order valence-electron chi connectivity index (χ4n) is 2.94. The highest BCUT2D eigenvalue weighted by Crippen LogP contribution is 2.33. The van der Waals surface area contributed by atoms with Gasteiger partial charge >= 0.3 is 0 Å². The van der Waals surface area contributed by atoms with Gasteiger partial charge in [-0.2, -0.15) is 0 Å². The third kappa shape index (κ3) is 8.53. The Labute approximate surface area is 205 Å². The monoisotopic (exact) mass is 484 g/mol. The van der Waals surface area contributed by atoms with E-state index >= 15 is 0 Å². The minimum Gasteiger partial charge on any atom is -0.491 e. The maximum Gasteiger partial charge on any atom is 0.243 e. The first-order chi connectivity index (χ1) is 16.5. The lowest BCUT2D eigenvalue weighted by Crippen LogP contribution is -2.39. The molecule has 0 unspecified atom stereocenters. The van der Waals surface area contributed by atoms with Gasteiger partial charge in [-0.3, -0.25) is 14.6 Å². The summed E-state index contributed by atoms with van der Waals surface area (Å²) in [5, 5.41) is 8.39. The normalized spacial score (nSPS) is 11.3. The van der Waals surface area contributed by atoms with Crippen molar-refractivity contribution in [1.82, 2.24) is 5.32 Å². The van der Waals surface area contributed by atoms with E-state index in [2.05, 4.69) is 27.5 Å². The number of aliphatic imine (C=N–C) groups is 1. The van der Waals surface area contributed by atoms with Crippen molar-refractivity contribution in [2.24, 2.45) is 10.4 Å². The minimum absolute atomic E-state index is 0.127. The molecule has 0 saturated heterocycles. The van der Waals surface area contributed by atoms with E-state index in [1.54, 1.807) is 71.4 Å². The molecule has 0 bridgehead atoms. The summed E-state index contributed by atoms with van der Waals surface area (Å²) in [4.78, 5) is 28.3. The smallest absolute Gasteiger partial charge is 0.243 e. The van der Waals surface area contributed by atoms with Crippen molar-refractivity contribution in [3.05, 3.63) is 54.4 Å². The number of carbonyl (C=O) groups is 2. The van der Waals surface area contributed by atoms with Crippen LogP contribution >= 0.6 is 0 Å². The maximum absolute atomic E-state index is 14.9. The predicted molar refractivity (Wildman–Crippen MR) is 138 cm³/mol. The Balaban J connectivity index is 2.05. The van der Waals surface area contributed by atoms with Gasteiger partial charge in [0.05, 0.1) is 24.4 Å². The lowest BCUT2D eigenvalue weighted by atomic mass is 9.96. The highest BCUT2D eigenvalue weighted by molar-refractivity contribution is 5.95. The van der Waals surface area contributed by atoms with Gasteiger partial charge in [0.2, 0.25) is 11.8 Å². The molecular weight excluding hydrogens is 451 g/mol. The Morgan fingerprint density at radius 1 is 1.09 bits per heavy atom. The van der Waals surface area contributed by atoms with E-state index in [0.29, 0.717) is 35.1 Å². The zero-order valence-corrected chi connectivity index (χ0v) is 20.8. The van der Waals surface area contributed by atoms with Crippen LogP contribution in [0, 0.1) is 11.2 Å². The predicted octanol–water partition coefficient (Wildman–Crippen LogP) is 4.76. The summed E-state index contributed by atoms with van der Waals surface area (Å²) in [5.74, 6) is -0.737. The van der Waals surface area contributed by atoms with Crippen molar-refractivity contribution >= 4 is 40.8 Å². The number of halogens is 1. The lowest BCUT2D eigenvalue weighted by Gasteiger charge is -2.17. The SMILES string of the molecule is C=C(Nc1ccc(NC(=O)CNC(=O)C(C)(C)C)cc1)c1c(F)cc(OCCOC)cc1N=CC. The molecule has 0 aliphatic rings. The van der Waals surface area contributed by atoms with E-state index < -0.39 is 11.2 Å². The Morgan fingerprint density at radius 3 is 2.29 bits per heavy atom. The third-order valence-corrected chi connectivity index (χ3v) is 4.72. The van der Waals surface area contributed by atoms with Gasteiger partial charge in [0.1, 0.15) is 18.2 Å². The second-order valence-electron chi connectivity index (χ2n) is 8.69. The van der Waals surface area contributed by atoms with Crippen LogP contribution in [0.2, 0.25) is 0 Å². The molecule has 0 saturated carbocycles. The van der Waals surface area contributed by atoms with Crippen LogP contribution in [0.15, 0.2) is 48.0 Å². The van der Waals surface area contributed by atoms with Crippen molar-refractivity contribution in [1.29, 1.82) is 0 Å². The van der Waals surface area contributed by atoms with Crippen molar-refractivity contribution in [3.8, 4) is 5.75 Å². The topological polar surface area (TPSA) is 101 Å². The molecule has 0 fully saturated rings. The van der Waals surface area contributed by atoms with Crippen LogP contribution < -0.4 is 20.7 Å². The Kier molecular flexibility index (Phi) is 9.96. The van der Waals surface area contributed by atoms with Crippen LogP contribution in [0.5, 0.6) is 5.75 Å². The quantitative estimate of drug-likeness (QED) is 0.315. The number of rotatable bonds is 11. The van der Waals surface area contributed by atoms with Crippen LogP contribution in [0.4, 0.5) is 21.5 Å². The molecule has 8 nitrogen and oxygen atoms in total. The number of methoxy groups -OCH3 is 1. The number of benzene rings is 2. The molecule has 0 radical (unpaired) electrons. The number of ether oxygens (including phenoxy) is 2. The van der Waals surface area contributed by atoms with E-state index in [1.807, 2.05) is 0 Å². The summed E-state index contributed by atoms with van der Waals surface area (Å²) in [6, 6.07) is 9.73. The number of nitrogens with one attached hydrogen (secondary N) is 3. The van der Waals surface area contributed by atoms with E-state index in [1.165, 1.54) is 6.07 Å². The second-order valence-corrected chi connectivity index (χ2v) is 8.69. The number of nitrogens with zero attached hydrogens (tertiary/aromatic N) is 1. The van der Waals surface area contributed by atoms with Gasteiger partial charge in [-0.25, -0.2) is 4.39 Å². The lowest BCUT2D eigenvalue weighted by molar-refractivity contribution is -0.130. The van der Waals surface area contributed by atoms with Gasteiger partial charge in [-0.1, -0.05) is 27.4 Å². The molecule has 0 atom stereocenters. The van der Waals surface area contributed by atoms with Crippen LogP contribution in [0.25, 0.3) is 5.70 Å². The van der Waals surface area contributed by atoms with Crippen molar-refractivity contribution in [2.75, 3.05) is 37.5 Å². The highest BCUT2D eigenvalue weighted by Gasteiger charge is 2.21. The summed E-state index contributed by atoms with van der Waals surface area (Å²) in [7, 11) is 1.56. The van der Waals surface area contributed by atoms with Crippen LogP contribution in [0.1, 0.15) is 33.3 Å². The summed E-state index contributed by atoms with van der Waals surface area (Å²) < 4.78 is 25.4. The van der Waals surface area contributed by atoms with Crippen molar-refractivity contribution in [3.63, 3.8) is 0 Å². The molecule has 2 amide bonds. The molecule has 0 aromatic heterocycles. The molecule has 0 heterocycles. The van der Waals surface area contributed by atoms with E-state index in [9.17, 15) is 14.0 Å². The zero-order valence-electron chi connectivity index (χ0n) is 20.8. The first-order valence-electron chi connectivity index (χ1n) is 11.1. The maximum atomic E-state index is 14.9. The second kappa shape index (κ2) is 12.7. The van der Waals surface area contributed by atoms with E-state index in [4.69, 9.17) is 9.47 Å². The molecule has 2 aromatic carbocycles. The molecule has 2 rings (SSSR count). The average Bonchev–Trinajstić information content (AvgIpc) is 2.78. The molecular formula is C26H33FN4O4. The van der Waals surface area contributed by atoms with Gasteiger partial charge in [-0.05, 0) is 31.2 Å². The van der Waals surface area contributed by atoms with Gasteiger partial charge < -0.3 is 25.4 Å². The van der Waals surface area contributed by atoms with Gasteiger partial charge in [0, 0.05) is 47.9 Å². The molecule has 0 aliphatic heterocycles.